The van der Waals surface area contributed by atoms with Gasteiger partial charge in [-0.05, 0) is 48.5 Å². The topological polar surface area (TPSA) is 64.0 Å². The molecule has 4 rings (SSSR count). The second-order valence-electron chi connectivity index (χ2n) is 6.19. The summed E-state index contributed by atoms with van der Waals surface area (Å²) in [4.78, 5) is 3.78. The molecule has 0 atom stereocenters. The number of halogens is 3. The second kappa shape index (κ2) is 7.25. The van der Waals surface area contributed by atoms with Crippen molar-refractivity contribution in [2.75, 3.05) is 4.72 Å². The molecular formula is C20H14F3N3O2S. The Kier molecular flexibility index (Phi) is 4.75. The van der Waals surface area contributed by atoms with E-state index in [0.29, 0.717) is 16.6 Å². The average molecular weight is 417 g/mol. The fraction of sp³-hybridized carbons (Fsp3) is 0.0500. The van der Waals surface area contributed by atoms with Gasteiger partial charge in [-0.25, -0.2) is 17.8 Å². The Labute approximate surface area is 164 Å². The van der Waals surface area contributed by atoms with Crippen LogP contribution in [0, 0.1) is 5.82 Å². The summed E-state index contributed by atoms with van der Waals surface area (Å²) < 4.78 is 68.8. The highest BCUT2D eigenvalue weighted by Crippen LogP contribution is 2.30. The lowest BCUT2D eigenvalue weighted by Gasteiger charge is -2.10. The number of rotatable bonds is 5. The van der Waals surface area contributed by atoms with Gasteiger partial charge < -0.3 is 0 Å². The third-order valence-electron chi connectivity index (χ3n) is 4.31. The van der Waals surface area contributed by atoms with Gasteiger partial charge in [0, 0.05) is 11.3 Å². The average Bonchev–Trinajstić information content (AvgIpc) is 3.08. The van der Waals surface area contributed by atoms with Crippen LogP contribution in [0.3, 0.4) is 0 Å². The highest BCUT2D eigenvalue weighted by atomic mass is 32.2. The Morgan fingerprint density at radius 1 is 0.897 bits per heavy atom. The lowest BCUT2D eigenvalue weighted by atomic mass is 10.2. The van der Waals surface area contributed by atoms with Crippen LogP contribution in [-0.4, -0.2) is 18.0 Å². The molecule has 0 aliphatic heterocycles. The third-order valence-corrected chi connectivity index (χ3v) is 5.73. The molecule has 3 aromatic carbocycles. The van der Waals surface area contributed by atoms with Gasteiger partial charge in [-0.15, -0.1) is 0 Å². The summed E-state index contributed by atoms with van der Waals surface area (Å²) in [7, 11) is -4.13. The van der Waals surface area contributed by atoms with Gasteiger partial charge in [0.25, 0.3) is 10.0 Å². The predicted molar refractivity (Wildman–Crippen MR) is 104 cm³/mol. The van der Waals surface area contributed by atoms with Crippen molar-refractivity contribution in [2.24, 2.45) is 0 Å². The quantitative estimate of drug-likeness (QED) is 0.495. The summed E-state index contributed by atoms with van der Waals surface area (Å²) in [5.74, 6) is -0.813. The van der Waals surface area contributed by atoms with E-state index in [1.165, 1.54) is 36.4 Å². The molecule has 0 bridgehead atoms. The van der Waals surface area contributed by atoms with Gasteiger partial charge >= 0.3 is 6.55 Å². The smallest absolute Gasteiger partial charge is 0.280 e. The molecule has 0 aliphatic carbocycles. The van der Waals surface area contributed by atoms with Gasteiger partial charge in [-0.2, -0.15) is 8.78 Å². The molecule has 0 fully saturated rings. The third kappa shape index (κ3) is 3.56. The number of hydrogen-bond acceptors (Lipinski definition) is 3. The number of benzene rings is 3. The van der Waals surface area contributed by atoms with Gasteiger partial charge in [0.1, 0.15) is 16.5 Å². The fourth-order valence-electron chi connectivity index (χ4n) is 3.01. The first-order chi connectivity index (χ1) is 13.9. The minimum absolute atomic E-state index is 0.0599. The van der Waals surface area contributed by atoms with Gasteiger partial charge in [0.15, 0.2) is 0 Å². The van der Waals surface area contributed by atoms with Gasteiger partial charge in [-0.1, -0.05) is 24.3 Å². The number of sulfonamides is 1. The molecule has 1 heterocycles. The highest BCUT2D eigenvalue weighted by Gasteiger charge is 2.20. The normalized spacial score (nSPS) is 11.9. The first-order valence-electron chi connectivity index (χ1n) is 8.50. The van der Waals surface area contributed by atoms with E-state index < -0.39 is 27.3 Å². The number of para-hydroxylation sites is 2. The highest BCUT2D eigenvalue weighted by molar-refractivity contribution is 7.92. The van der Waals surface area contributed by atoms with Crippen molar-refractivity contribution in [3.05, 3.63) is 78.6 Å². The van der Waals surface area contributed by atoms with E-state index in [0.717, 1.165) is 16.7 Å². The lowest BCUT2D eigenvalue weighted by Crippen LogP contribution is -2.14. The maximum absolute atomic E-state index is 13.8. The van der Waals surface area contributed by atoms with E-state index >= 15 is 0 Å². The van der Waals surface area contributed by atoms with Crippen LogP contribution in [0.1, 0.15) is 6.55 Å². The molecule has 0 radical (unpaired) electrons. The molecule has 0 saturated heterocycles. The summed E-state index contributed by atoms with van der Waals surface area (Å²) in [6.45, 7) is -2.79. The molecule has 0 amide bonds. The van der Waals surface area contributed by atoms with Crippen molar-refractivity contribution in [2.45, 2.75) is 11.4 Å². The SMILES string of the molecule is O=S(=O)(Nc1ccc(-c2nc3ccccc3n2C(F)F)cc1)c1ccccc1F. The van der Waals surface area contributed by atoms with Crippen molar-refractivity contribution in [1.29, 1.82) is 0 Å². The predicted octanol–water partition coefficient (Wildman–Crippen LogP) is 5.04. The Bertz CT molecular complexity index is 1290. The zero-order chi connectivity index (χ0) is 20.6. The summed E-state index contributed by atoms with van der Waals surface area (Å²) in [5, 5.41) is 0. The summed E-state index contributed by atoms with van der Waals surface area (Å²) >= 11 is 0. The number of hydrogen-bond donors (Lipinski definition) is 1. The molecule has 4 aromatic rings. The van der Waals surface area contributed by atoms with E-state index in [1.54, 1.807) is 24.3 Å². The summed E-state index contributed by atoms with van der Waals surface area (Å²) in [6, 6.07) is 17.3. The van der Waals surface area contributed by atoms with Crippen LogP contribution in [0.25, 0.3) is 22.4 Å². The molecule has 29 heavy (non-hydrogen) atoms. The van der Waals surface area contributed by atoms with E-state index in [2.05, 4.69) is 9.71 Å². The van der Waals surface area contributed by atoms with Crippen LogP contribution in [-0.2, 0) is 10.0 Å². The maximum Gasteiger partial charge on any atom is 0.320 e. The lowest BCUT2D eigenvalue weighted by molar-refractivity contribution is 0.0764. The van der Waals surface area contributed by atoms with Crippen LogP contribution in [0.15, 0.2) is 77.7 Å². The van der Waals surface area contributed by atoms with Crippen LogP contribution < -0.4 is 4.72 Å². The summed E-state index contributed by atoms with van der Waals surface area (Å²) in [5.41, 5.74) is 1.26. The largest absolute Gasteiger partial charge is 0.320 e. The van der Waals surface area contributed by atoms with Crippen LogP contribution in [0.5, 0.6) is 0 Å². The van der Waals surface area contributed by atoms with Crippen molar-refractivity contribution >= 4 is 26.7 Å². The Morgan fingerprint density at radius 2 is 1.55 bits per heavy atom. The maximum atomic E-state index is 13.8. The van der Waals surface area contributed by atoms with Crippen molar-refractivity contribution in [3.63, 3.8) is 0 Å². The zero-order valence-corrected chi connectivity index (χ0v) is 15.6. The molecular weight excluding hydrogens is 403 g/mol. The van der Waals surface area contributed by atoms with Gasteiger partial charge in [0.05, 0.1) is 11.0 Å². The second-order valence-corrected chi connectivity index (χ2v) is 7.84. The number of aromatic nitrogens is 2. The number of imidazole rings is 1. The van der Waals surface area contributed by atoms with E-state index in [9.17, 15) is 21.6 Å². The molecule has 0 spiro atoms. The van der Waals surface area contributed by atoms with Crippen LogP contribution in [0.4, 0.5) is 18.9 Å². The monoisotopic (exact) mass is 417 g/mol. The molecule has 5 nitrogen and oxygen atoms in total. The van der Waals surface area contributed by atoms with E-state index in [4.69, 9.17) is 0 Å². The minimum atomic E-state index is -4.13. The zero-order valence-electron chi connectivity index (χ0n) is 14.8. The van der Waals surface area contributed by atoms with Crippen molar-refractivity contribution < 1.29 is 21.6 Å². The van der Waals surface area contributed by atoms with Crippen molar-refractivity contribution in [3.8, 4) is 11.4 Å². The fourth-order valence-corrected chi connectivity index (χ4v) is 4.14. The molecule has 1 N–H and O–H groups in total. The molecule has 9 heteroatoms. The number of alkyl halides is 2. The van der Waals surface area contributed by atoms with Gasteiger partial charge in [0.2, 0.25) is 0 Å². The molecule has 1 aromatic heterocycles. The number of fused-ring (bicyclic) bond motifs is 1. The van der Waals surface area contributed by atoms with E-state index in [1.807, 2.05) is 0 Å². The Balaban J connectivity index is 1.68. The Hall–Kier alpha value is -3.33. The minimum Gasteiger partial charge on any atom is -0.280 e. The molecule has 0 unspecified atom stereocenters. The first kappa shape index (κ1) is 19.0. The van der Waals surface area contributed by atoms with Crippen LogP contribution in [0.2, 0.25) is 0 Å². The summed E-state index contributed by atoms with van der Waals surface area (Å²) in [6.07, 6.45) is 0. The molecule has 0 aliphatic rings. The molecule has 148 valence electrons. The van der Waals surface area contributed by atoms with Gasteiger partial charge in [-0.3, -0.25) is 9.29 Å². The van der Waals surface area contributed by atoms with Crippen molar-refractivity contribution in [1.82, 2.24) is 9.55 Å². The standard InChI is InChI=1S/C20H14F3N3O2S/c21-15-5-1-4-8-18(15)29(27,28)25-14-11-9-13(10-12-14)19-24-16-6-2-3-7-17(16)26(19)20(22)23/h1-12,20,25H. The number of anilines is 1. The number of nitrogens with zero attached hydrogens (tertiary/aromatic N) is 2. The number of nitrogens with one attached hydrogen (secondary N) is 1. The molecule has 0 saturated carbocycles. The first-order valence-corrected chi connectivity index (χ1v) is 9.98. The van der Waals surface area contributed by atoms with E-state index in [-0.39, 0.29) is 11.5 Å². The van der Waals surface area contributed by atoms with Crippen LogP contribution >= 0.6 is 0 Å². The Morgan fingerprint density at radius 3 is 2.24 bits per heavy atom.